The van der Waals surface area contributed by atoms with Crippen LogP contribution in [0.15, 0.2) is 12.3 Å². The summed E-state index contributed by atoms with van der Waals surface area (Å²) in [4.78, 5) is 15.1. The van der Waals surface area contributed by atoms with Gasteiger partial charge in [-0.25, -0.2) is 9.78 Å². The molecular weight excluding hydrogens is 250 g/mol. The van der Waals surface area contributed by atoms with Crippen molar-refractivity contribution < 1.29 is 9.90 Å². The summed E-state index contributed by atoms with van der Waals surface area (Å²) in [5.41, 5.74) is 5.87. The molecule has 1 heterocycles. The molecule has 4 N–H and O–H groups in total. The van der Waals surface area contributed by atoms with E-state index in [9.17, 15) is 4.79 Å². The molecule has 1 fully saturated rings. The SMILES string of the molecule is CSC1CCC(Nc2cc(C(=O)O)c(N)cn2)C1. The molecule has 5 nitrogen and oxygen atoms in total. The van der Waals surface area contributed by atoms with Gasteiger partial charge in [0.05, 0.1) is 17.4 Å². The second-order valence-electron chi connectivity index (χ2n) is 4.47. The van der Waals surface area contributed by atoms with Crippen molar-refractivity contribution in [3.63, 3.8) is 0 Å². The number of thioether (sulfide) groups is 1. The Hall–Kier alpha value is -1.43. The van der Waals surface area contributed by atoms with E-state index >= 15 is 0 Å². The number of hydrogen-bond donors (Lipinski definition) is 3. The first-order valence-corrected chi connectivity index (χ1v) is 7.17. The van der Waals surface area contributed by atoms with Crippen LogP contribution in [0.1, 0.15) is 29.6 Å². The predicted molar refractivity (Wildman–Crippen MR) is 74.2 cm³/mol. The predicted octanol–water partition coefficient (Wildman–Crippen LogP) is 2.06. The lowest BCUT2D eigenvalue weighted by atomic mass is 10.2. The highest BCUT2D eigenvalue weighted by Gasteiger charge is 2.24. The molecule has 1 aliphatic carbocycles. The van der Waals surface area contributed by atoms with E-state index in [-0.39, 0.29) is 11.3 Å². The highest BCUT2D eigenvalue weighted by molar-refractivity contribution is 7.99. The molecule has 0 bridgehead atoms. The third-order valence-electron chi connectivity index (χ3n) is 3.24. The summed E-state index contributed by atoms with van der Waals surface area (Å²) in [6.07, 6.45) is 6.90. The number of carboxylic acid groups (broad SMARTS) is 1. The first-order chi connectivity index (χ1) is 8.60. The van der Waals surface area contributed by atoms with Crippen molar-refractivity contribution in [1.82, 2.24) is 4.98 Å². The fourth-order valence-corrected chi connectivity index (χ4v) is 3.02. The average molecular weight is 267 g/mol. The first kappa shape index (κ1) is 13.0. The molecule has 0 saturated heterocycles. The number of aromatic carboxylic acids is 1. The second kappa shape index (κ2) is 5.48. The Balaban J connectivity index is 2.06. The number of pyridine rings is 1. The van der Waals surface area contributed by atoms with Crippen molar-refractivity contribution in [2.45, 2.75) is 30.6 Å². The van der Waals surface area contributed by atoms with Crippen molar-refractivity contribution in [2.75, 3.05) is 17.3 Å². The molecule has 18 heavy (non-hydrogen) atoms. The molecule has 1 aliphatic rings. The number of carboxylic acids is 1. The van der Waals surface area contributed by atoms with E-state index in [1.54, 1.807) is 0 Å². The van der Waals surface area contributed by atoms with Crippen LogP contribution in [0, 0.1) is 0 Å². The Morgan fingerprint density at radius 2 is 2.39 bits per heavy atom. The summed E-state index contributed by atoms with van der Waals surface area (Å²) < 4.78 is 0. The van der Waals surface area contributed by atoms with Gasteiger partial charge in [0.15, 0.2) is 0 Å². The van der Waals surface area contributed by atoms with Crippen molar-refractivity contribution >= 4 is 29.2 Å². The zero-order valence-electron chi connectivity index (χ0n) is 10.2. The summed E-state index contributed by atoms with van der Waals surface area (Å²) in [6.45, 7) is 0. The van der Waals surface area contributed by atoms with Crippen LogP contribution < -0.4 is 11.1 Å². The standard InChI is InChI=1S/C12H17N3O2S/c1-18-8-3-2-7(4-8)15-11-5-9(12(16)17)10(13)6-14-11/h5-8H,2-4,13H2,1H3,(H,14,15)(H,16,17). The molecule has 0 aromatic carbocycles. The highest BCUT2D eigenvalue weighted by Crippen LogP contribution is 2.30. The normalized spacial score (nSPS) is 22.9. The van der Waals surface area contributed by atoms with E-state index in [1.807, 2.05) is 11.8 Å². The molecule has 0 spiro atoms. The maximum atomic E-state index is 11.0. The zero-order valence-corrected chi connectivity index (χ0v) is 11.0. The van der Waals surface area contributed by atoms with Crippen molar-refractivity contribution in [1.29, 1.82) is 0 Å². The minimum atomic E-state index is -1.02. The third-order valence-corrected chi connectivity index (χ3v) is 4.33. The number of carbonyl (C=O) groups is 1. The summed E-state index contributed by atoms with van der Waals surface area (Å²) in [5.74, 6) is -0.431. The molecule has 1 saturated carbocycles. The van der Waals surface area contributed by atoms with Gasteiger partial charge in [-0.1, -0.05) is 0 Å². The smallest absolute Gasteiger partial charge is 0.337 e. The number of anilines is 2. The molecule has 2 atom stereocenters. The van der Waals surface area contributed by atoms with Gasteiger partial charge in [0.1, 0.15) is 5.82 Å². The van der Waals surface area contributed by atoms with Crippen LogP contribution in [0.2, 0.25) is 0 Å². The summed E-state index contributed by atoms with van der Waals surface area (Å²) in [7, 11) is 0. The molecule has 2 rings (SSSR count). The van der Waals surface area contributed by atoms with Gasteiger partial charge in [0, 0.05) is 11.3 Å². The number of nitrogens with zero attached hydrogens (tertiary/aromatic N) is 1. The van der Waals surface area contributed by atoms with Crippen molar-refractivity contribution in [2.24, 2.45) is 0 Å². The number of rotatable bonds is 4. The maximum Gasteiger partial charge on any atom is 0.337 e. The van der Waals surface area contributed by atoms with Gasteiger partial charge in [0.2, 0.25) is 0 Å². The van der Waals surface area contributed by atoms with Crippen LogP contribution in [-0.2, 0) is 0 Å². The van der Waals surface area contributed by atoms with Crippen LogP contribution >= 0.6 is 11.8 Å². The van der Waals surface area contributed by atoms with Crippen LogP contribution in [0.5, 0.6) is 0 Å². The number of nitrogen functional groups attached to an aromatic ring is 1. The quantitative estimate of drug-likeness (QED) is 0.774. The molecule has 0 aliphatic heterocycles. The van der Waals surface area contributed by atoms with Gasteiger partial charge in [-0.2, -0.15) is 11.8 Å². The average Bonchev–Trinajstić information content (AvgIpc) is 2.79. The van der Waals surface area contributed by atoms with Crippen LogP contribution in [0.25, 0.3) is 0 Å². The fourth-order valence-electron chi connectivity index (χ4n) is 2.22. The Morgan fingerprint density at radius 1 is 1.61 bits per heavy atom. The monoisotopic (exact) mass is 267 g/mol. The summed E-state index contributed by atoms with van der Waals surface area (Å²) >= 11 is 1.88. The molecule has 2 unspecified atom stereocenters. The lowest BCUT2D eigenvalue weighted by Crippen LogP contribution is -2.17. The van der Waals surface area contributed by atoms with E-state index in [2.05, 4.69) is 16.6 Å². The lowest BCUT2D eigenvalue weighted by Gasteiger charge is -2.14. The van der Waals surface area contributed by atoms with Gasteiger partial charge in [-0.15, -0.1) is 0 Å². The zero-order chi connectivity index (χ0) is 13.1. The topological polar surface area (TPSA) is 88.2 Å². The van der Waals surface area contributed by atoms with Gasteiger partial charge < -0.3 is 16.2 Å². The largest absolute Gasteiger partial charge is 0.478 e. The van der Waals surface area contributed by atoms with Crippen molar-refractivity contribution in [3.05, 3.63) is 17.8 Å². The van der Waals surface area contributed by atoms with Crippen LogP contribution in [0.3, 0.4) is 0 Å². The van der Waals surface area contributed by atoms with Gasteiger partial charge >= 0.3 is 5.97 Å². The van der Waals surface area contributed by atoms with E-state index in [1.165, 1.54) is 18.7 Å². The highest BCUT2D eigenvalue weighted by atomic mass is 32.2. The fraction of sp³-hybridized carbons (Fsp3) is 0.500. The summed E-state index contributed by atoms with van der Waals surface area (Å²) in [6, 6.07) is 1.88. The van der Waals surface area contributed by atoms with Gasteiger partial charge in [-0.05, 0) is 31.6 Å². The number of nitrogens with two attached hydrogens (primary N) is 1. The minimum Gasteiger partial charge on any atom is -0.478 e. The van der Waals surface area contributed by atoms with Crippen LogP contribution in [0.4, 0.5) is 11.5 Å². The molecule has 1 aromatic heterocycles. The minimum absolute atomic E-state index is 0.104. The third kappa shape index (κ3) is 2.87. The number of aromatic nitrogens is 1. The Morgan fingerprint density at radius 3 is 3.00 bits per heavy atom. The lowest BCUT2D eigenvalue weighted by molar-refractivity contribution is 0.0698. The molecule has 98 valence electrons. The van der Waals surface area contributed by atoms with Gasteiger partial charge in [0.25, 0.3) is 0 Å². The van der Waals surface area contributed by atoms with Gasteiger partial charge in [-0.3, -0.25) is 0 Å². The molecule has 0 radical (unpaired) electrons. The van der Waals surface area contributed by atoms with E-state index in [0.29, 0.717) is 17.1 Å². The van der Waals surface area contributed by atoms with Crippen molar-refractivity contribution in [3.8, 4) is 0 Å². The summed E-state index contributed by atoms with van der Waals surface area (Å²) in [5, 5.41) is 13.0. The molecule has 1 aromatic rings. The first-order valence-electron chi connectivity index (χ1n) is 5.88. The molecular formula is C12H17N3O2S. The Bertz CT molecular complexity index is 453. The number of nitrogens with one attached hydrogen (secondary N) is 1. The van der Waals surface area contributed by atoms with E-state index in [0.717, 1.165) is 12.8 Å². The molecule has 0 amide bonds. The van der Waals surface area contributed by atoms with E-state index < -0.39 is 5.97 Å². The maximum absolute atomic E-state index is 11.0. The Labute approximate surface area is 110 Å². The molecule has 6 heteroatoms. The van der Waals surface area contributed by atoms with E-state index in [4.69, 9.17) is 10.8 Å². The Kier molecular flexibility index (Phi) is 3.96. The number of hydrogen-bond acceptors (Lipinski definition) is 5. The second-order valence-corrected chi connectivity index (χ2v) is 5.61. The van der Waals surface area contributed by atoms with Crippen LogP contribution in [-0.4, -0.2) is 33.6 Å².